The van der Waals surface area contributed by atoms with Gasteiger partial charge in [-0.1, -0.05) is 49.4 Å². The standard InChI is InChI=1S/C22H29NO2.ClH/c1-17(22(25)20-7-9-21(24)10-8-20)16-23-13-11-19(12-14-23)15-18-5-3-2-4-6-18;/h2-10,17,19,22,24-25H,11-16H2,1H3;1H. The highest BCUT2D eigenvalue weighted by Crippen LogP contribution is 2.27. The lowest BCUT2D eigenvalue weighted by molar-refractivity contribution is 0.0752. The molecule has 26 heavy (non-hydrogen) atoms. The molecule has 1 heterocycles. The van der Waals surface area contributed by atoms with Crippen molar-refractivity contribution in [2.75, 3.05) is 19.6 Å². The quantitative estimate of drug-likeness (QED) is 0.784. The fourth-order valence-electron chi connectivity index (χ4n) is 3.83. The van der Waals surface area contributed by atoms with Crippen LogP contribution in [0.4, 0.5) is 0 Å². The van der Waals surface area contributed by atoms with Gasteiger partial charge >= 0.3 is 0 Å². The van der Waals surface area contributed by atoms with Gasteiger partial charge in [0.05, 0.1) is 6.10 Å². The maximum atomic E-state index is 10.5. The van der Waals surface area contributed by atoms with Gasteiger partial charge in [0.15, 0.2) is 0 Å². The number of benzene rings is 2. The molecule has 0 radical (unpaired) electrons. The zero-order valence-electron chi connectivity index (χ0n) is 15.4. The van der Waals surface area contributed by atoms with Gasteiger partial charge in [-0.25, -0.2) is 0 Å². The average molecular weight is 376 g/mol. The summed E-state index contributed by atoms with van der Waals surface area (Å²) < 4.78 is 0. The minimum absolute atomic E-state index is 0. The van der Waals surface area contributed by atoms with Crippen molar-refractivity contribution in [3.05, 3.63) is 65.7 Å². The molecule has 4 heteroatoms. The van der Waals surface area contributed by atoms with E-state index in [2.05, 4.69) is 42.2 Å². The third kappa shape index (κ3) is 5.73. The fourth-order valence-corrected chi connectivity index (χ4v) is 3.83. The van der Waals surface area contributed by atoms with Crippen LogP contribution in [0.1, 0.15) is 37.0 Å². The van der Waals surface area contributed by atoms with E-state index in [9.17, 15) is 10.2 Å². The highest BCUT2D eigenvalue weighted by Gasteiger charge is 2.24. The van der Waals surface area contributed by atoms with E-state index in [1.807, 2.05) is 12.1 Å². The van der Waals surface area contributed by atoms with Crippen molar-refractivity contribution < 1.29 is 10.2 Å². The van der Waals surface area contributed by atoms with E-state index in [0.717, 1.165) is 31.1 Å². The lowest BCUT2D eigenvalue weighted by atomic mass is 9.89. The van der Waals surface area contributed by atoms with Crippen LogP contribution in [0.3, 0.4) is 0 Å². The van der Waals surface area contributed by atoms with Crippen molar-refractivity contribution in [3.8, 4) is 5.75 Å². The molecule has 0 bridgehead atoms. The summed E-state index contributed by atoms with van der Waals surface area (Å²) in [4.78, 5) is 2.48. The second kappa shape index (κ2) is 9.96. The van der Waals surface area contributed by atoms with Gasteiger partial charge in [0, 0.05) is 6.54 Å². The van der Waals surface area contributed by atoms with Gasteiger partial charge in [-0.2, -0.15) is 0 Å². The Labute approximate surface area is 163 Å². The predicted octanol–water partition coefficient (Wildman–Crippen LogP) is 4.44. The van der Waals surface area contributed by atoms with Gasteiger partial charge in [0.1, 0.15) is 5.75 Å². The summed E-state index contributed by atoms with van der Waals surface area (Å²) in [5.41, 5.74) is 2.32. The molecule has 0 spiro atoms. The minimum atomic E-state index is -0.484. The second-order valence-corrected chi connectivity index (χ2v) is 7.45. The zero-order chi connectivity index (χ0) is 17.6. The topological polar surface area (TPSA) is 43.7 Å². The van der Waals surface area contributed by atoms with E-state index in [1.165, 1.54) is 24.8 Å². The van der Waals surface area contributed by atoms with E-state index in [-0.39, 0.29) is 24.1 Å². The monoisotopic (exact) mass is 375 g/mol. The number of piperidine rings is 1. The summed E-state index contributed by atoms with van der Waals surface area (Å²) in [7, 11) is 0. The first-order valence-corrected chi connectivity index (χ1v) is 9.35. The Balaban J connectivity index is 0.00000243. The molecule has 2 aromatic rings. The SMILES string of the molecule is CC(CN1CCC(Cc2ccccc2)CC1)C(O)c1ccc(O)cc1.Cl. The van der Waals surface area contributed by atoms with Crippen LogP contribution < -0.4 is 0 Å². The number of phenols is 1. The molecule has 0 aliphatic carbocycles. The molecule has 0 saturated carbocycles. The van der Waals surface area contributed by atoms with Crippen LogP contribution >= 0.6 is 12.4 Å². The number of hydrogen-bond donors (Lipinski definition) is 2. The molecule has 142 valence electrons. The Hall–Kier alpha value is -1.55. The number of aliphatic hydroxyl groups excluding tert-OH is 1. The maximum Gasteiger partial charge on any atom is 0.115 e. The van der Waals surface area contributed by atoms with Gasteiger partial charge in [-0.05, 0) is 67.4 Å². The highest BCUT2D eigenvalue weighted by molar-refractivity contribution is 5.85. The van der Waals surface area contributed by atoms with Gasteiger partial charge in [-0.15, -0.1) is 12.4 Å². The molecular weight excluding hydrogens is 346 g/mol. The molecule has 2 aromatic carbocycles. The van der Waals surface area contributed by atoms with Crippen molar-refractivity contribution in [1.82, 2.24) is 4.90 Å². The summed E-state index contributed by atoms with van der Waals surface area (Å²) in [5, 5.41) is 19.9. The van der Waals surface area contributed by atoms with Crippen molar-refractivity contribution in [2.45, 2.75) is 32.3 Å². The van der Waals surface area contributed by atoms with E-state index >= 15 is 0 Å². The number of likely N-dealkylation sites (tertiary alicyclic amines) is 1. The van der Waals surface area contributed by atoms with Crippen molar-refractivity contribution in [1.29, 1.82) is 0 Å². The van der Waals surface area contributed by atoms with Gasteiger partial charge in [0.2, 0.25) is 0 Å². The lowest BCUT2D eigenvalue weighted by Gasteiger charge is -2.34. The number of aliphatic hydroxyl groups is 1. The maximum absolute atomic E-state index is 10.5. The van der Waals surface area contributed by atoms with E-state index < -0.39 is 6.10 Å². The lowest BCUT2D eigenvalue weighted by Crippen LogP contribution is -2.38. The Bertz CT molecular complexity index is 639. The smallest absolute Gasteiger partial charge is 0.115 e. The van der Waals surface area contributed by atoms with Crippen molar-refractivity contribution in [3.63, 3.8) is 0 Å². The van der Waals surface area contributed by atoms with Gasteiger partial charge in [0.25, 0.3) is 0 Å². The van der Waals surface area contributed by atoms with E-state index in [1.54, 1.807) is 12.1 Å². The number of aromatic hydroxyl groups is 1. The summed E-state index contributed by atoms with van der Waals surface area (Å²) in [6.45, 7) is 5.25. The molecule has 0 aromatic heterocycles. The van der Waals surface area contributed by atoms with Gasteiger partial charge in [-0.3, -0.25) is 0 Å². The summed E-state index contributed by atoms with van der Waals surface area (Å²) >= 11 is 0. The molecule has 3 rings (SSSR count). The fraction of sp³-hybridized carbons (Fsp3) is 0.455. The Morgan fingerprint density at radius 2 is 1.62 bits per heavy atom. The first-order chi connectivity index (χ1) is 12.1. The van der Waals surface area contributed by atoms with Crippen LogP contribution in [-0.4, -0.2) is 34.7 Å². The Morgan fingerprint density at radius 3 is 2.23 bits per heavy atom. The largest absolute Gasteiger partial charge is 0.508 e. The van der Waals surface area contributed by atoms with Crippen LogP contribution in [0.5, 0.6) is 5.75 Å². The molecule has 2 atom stereocenters. The van der Waals surface area contributed by atoms with Gasteiger partial charge < -0.3 is 15.1 Å². The Morgan fingerprint density at radius 1 is 1.00 bits per heavy atom. The number of phenolic OH excluding ortho intramolecular Hbond substituents is 1. The van der Waals surface area contributed by atoms with Crippen LogP contribution in [0.25, 0.3) is 0 Å². The van der Waals surface area contributed by atoms with Crippen molar-refractivity contribution >= 4 is 12.4 Å². The normalized spacial score (nSPS) is 18.1. The molecule has 3 nitrogen and oxygen atoms in total. The summed E-state index contributed by atoms with van der Waals surface area (Å²) in [6.07, 6.45) is 3.16. The average Bonchev–Trinajstić information content (AvgIpc) is 2.64. The molecule has 0 amide bonds. The Kier molecular flexibility index (Phi) is 7.95. The van der Waals surface area contributed by atoms with Crippen LogP contribution in [0, 0.1) is 11.8 Å². The van der Waals surface area contributed by atoms with Crippen LogP contribution in [-0.2, 0) is 6.42 Å². The third-order valence-electron chi connectivity index (χ3n) is 5.39. The molecule has 1 aliphatic heterocycles. The first kappa shape index (κ1) is 20.8. The summed E-state index contributed by atoms with van der Waals surface area (Å²) in [6, 6.07) is 17.7. The highest BCUT2D eigenvalue weighted by atomic mass is 35.5. The number of rotatable bonds is 6. The molecular formula is C22H30ClNO2. The number of halogens is 1. The number of nitrogens with zero attached hydrogens (tertiary/aromatic N) is 1. The van der Waals surface area contributed by atoms with E-state index in [0.29, 0.717) is 0 Å². The minimum Gasteiger partial charge on any atom is -0.508 e. The molecule has 2 N–H and O–H groups in total. The first-order valence-electron chi connectivity index (χ1n) is 9.35. The molecule has 2 unspecified atom stereocenters. The summed E-state index contributed by atoms with van der Waals surface area (Å²) in [5.74, 6) is 1.19. The molecule has 1 fully saturated rings. The number of hydrogen-bond acceptors (Lipinski definition) is 3. The molecule has 1 saturated heterocycles. The van der Waals surface area contributed by atoms with E-state index in [4.69, 9.17) is 0 Å². The van der Waals surface area contributed by atoms with Crippen LogP contribution in [0.15, 0.2) is 54.6 Å². The zero-order valence-corrected chi connectivity index (χ0v) is 16.2. The second-order valence-electron chi connectivity index (χ2n) is 7.45. The van der Waals surface area contributed by atoms with Crippen molar-refractivity contribution in [2.24, 2.45) is 11.8 Å². The predicted molar refractivity (Wildman–Crippen MR) is 109 cm³/mol. The van der Waals surface area contributed by atoms with Crippen LogP contribution in [0.2, 0.25) is 0 Å². The third-order valence-corrected chi connectivity index (χ3v) is 5.39. The molecule has 1 aliphatic rings.